The van der Waals surface area contributed by atoms with E-state index >= 15 is 0 Å². The lowest BCUT2D eigenvalue weighted by Gasteiger charge is -2.21. The molecule has 2 aromatic heterocycles. The molecule has 1 aliphatic carbocycles. The van der Waals surface area contributed by atoms with Crippen molar-refractivity contribution in [3.05, 3.63) is 62.7 Å². The Labute approximate surface area is 225 Å². The number of hydrogen-bond acceptors (Lipinski definition) is 6. The summed E-state index contributed by atoms with van der Waals surface area (Å²) in [5.74, 6) is -0.403. The zero-order chi connectivity index (χ0) is 26.9. The van der Waals surface area contributed by atoms with Gasteiger partial charge in [0.1, 0.15) is 23.7 Å². The number of halogens is 5. The van der Waals surface area contributed by atoms with Crippen LogP contribution in [0.3, 0.4) is 0 Å². The average Bonchev–Trinajstić information content (AvgIpc) is 3.48. The molecule has 0 saturated heterocycles. The van der Waals surface area contributed by atoms with E-state index < -0.39 is 30.5 Å². The van der Waals surface area contributed by atoms with Gasteiger partial charge in [-0.25, -0.2) is 8.78 Å². The Hall–Kier alpha value is -2.95. The first-order chi connectivity index (χ1) is 17.5. The summed E-state index contributed by atoms with van der Waals surface area (Å²) < 4.78 is 35.6. The van der Waals surface area contributed by atoms with E-state index in [2.05, 4.69) is 20.8 Å². The molecule has 0 radical (unpaired) electrons. The molecule has 0 bridgehead atoms. The van der Waals surface area contributed by atoms with E-state index in [9.17, 15) is 18.4 Å². The van der Waals surface area contributed by atoms with Crippen LogP contribution < -0.4 is 15.4 Å². The van der Waals surface area contributed by atoms with Gasteiger partial charge in [0.15, 0.2) is 5.69 Å². The van der Waals surface area contributed by atoms with Gasteiger partial charge >= 0.3 is 0 Å². The van der Waals surface area contributed by atoms with Gasteiger partial charge in [-0.15, -0.1) is 0 Å². The molecule has 0 spiro atoms. The number of rotatable bonds is 9. The van der Waals surface area contributed by atoms with Gasteiger partial charge in [-0.2, -0.15) is 0 Å². The molecule has 3 aromatic rings. The second-order valence-electron chi connectivity index (χ2n) is 8.61. The average molecular weight is 574 g/mol. The van der Waals surface area contributed by atoms with Crippen molar-refractivity contribution in [3.63, 3.8) is 0 Å². The van der Waals surface area contributed by atoms with Crippen LogP contribution in [0.25, 0.3) is 11.1 Å². The number of aromatic nitrogens is 2. The predicted octanol–water partition coefficient (Wildman–Crippen LogP) is 5.79. The molecule has 8 nitrogen and oxygen atoms in total. The molecule has 1 saturated carbocycles. The van der Waals surface area contributed by atoms with Gasteiger partial charge in [0.05, 0.1) is 21.8 Å². The van der Waals surface area contributed by atoms with Gasteiger partial charge in [0.25, 0.3) is 12.3 Å². The summed E-state index contributed by atoms with van der Waals surface area (Å²) in [5, 5.41) is 9.74. The Bertz CT molecular complexity index is 1350. The van der Waals surface area contributed by atoms with E-state index in [1.807, 2.05) is 0 Å². The molecule has 1 atom stereocenters. The highest BCUT2D eigenvalue weighted by Gasteiger charge is 2.52. The van der Waals surface area contributed by atoms with Crippen LogP contribution >= 0.6 is 34.8 Å². The maximum absolute atomic E-state index is 13.0. The van der Waals surface area contributed by atoms with Crippen molar-refractivity contribution in [2.75, 3.05) is 6.61 Å². The fourth-order valence-corrected chi connectivity index (χ4v) is 4.55. The second-order valence-corrected chi connectivity index (χ2v) is 9.86. The predicted molar refractivity (Wildman–Crippen MR) is 133 cm³/mol. The van der Waals surface area contributed by atoms with Crippen molar-refractivity contribution in [3.8, 4) is 16.9 Å². The largest absolute Gasteiger partial charge is 0.485 e. The molecule has 13 heteroatoms. The van der Waals surface area contributed by atoms with Gasteiger partial charge in [0, 0.05) is 28.4 Å². The SMILES string of the molecule is Cc1cc(C(=O)NC2(C(=O)N[C@H](C)c3ncc(-c4cc(Cl)cc(Cl)c4OCC(F)F)cc3Cl)CC2)no1. The van der Waals surface area contributed by atoms with Crippen LogP contribution in [0.1, 0.15) is 47.7 Å². The minimum absolute atomic E-state index is 0.0204. The maximum atomic E-state index is 13.0. The maximum Gasteiger partial charge on any atom is 0.274 e. The summed E-state index contributed by atoms with van der Waals surface area (Å²) in [4.78, 5) is 29.8. The van der Waals surface area contributed by atoms with Gasteiger partial charge in [-0.1, -0.05) is 40.0 Å². The summed E-state index contributed by atoms with van der Waals surface area (Å²) in [7, 11) is 0. The highest BCUT2D eigenvalue weighted by atomic mass is 35.5. The molecule has 1 aromatic carbocycles. The number of nitrogens with zero attached hydrogens (tertiary/aromatic N) is 2. The standard InChI is InChI=1S/C24H21Cl3F2N4O4/c1-11-5-18(33-37-11)22(34)32-24(3-4-24)23(35)31-12(2)20-16(26)6-13(9-30-20)15-7-14(25)8-17(27)21(15)36-10-19(28)29/h5-9,12,19H,3-4,10H2,1-2H3,(H,31,35)(H,32,34)/t12-/m1/s1. The van der Waals surface area contributed by atoms with Crippen molar-refractivity contribution in [2.45, 2.75) is 44.7 Å². The van der Waals surface area contributed by atoms with E-state index in [1.165, 1.54) is 24.4 Å². The van der Waals surface area contributed by atoms with Crippen LogP contribution in [0.2, 0.25) is 15.1 Å². The normalized spacial score (nSPS) is 14.8. The number of ether oxygens (including phenoxy) is 1. The number of pyridine rings is 1. The molecular weight excluding hydrogens is 553 g/mol. The number of amides is 2. The highest BCUT2D eigenvalue weighted by Crippen LogP contribution is 2.41. The van der Waals surface area contributed by atoms with E-state index in [-0.39, 0.29) is 32.4 Å². The quantitative estimate of drug-likeness (QED) is 0.336. The molecule has 0 aliphatic heterocycles. The van der Waals surface area contributed by atoms with E-state index in [0.717, 1.165) is 0 Å². The number of alkyl halides is 2. The molecule has 2 heterocycles. The topological polar surface area (TPSA) is 106 Å². The summed E-state index contributed by atoms with van der Waals surface area (Å²) in [5.41, 5.74) is 0.145. The van der Waals surface area contributed by atoms with E-state index in [1.54, 1.807) is 19.9 Å². The lowest BCUT2D eigenvalue weighted by Crippen LogP contribution is -2.49. The van der Waals surface area contributed by atoms with Crippen LogP contribution in [-0.4, -0.2) is 40.5 Å². The molecule has 1 aliphatic rings. The van der Waals surface area contributed by atoms with Crippen LogP contribution in [0.4, 0.5) is 8.78 Å². The minimum atomic E-state index is -2.70. The third-order valence-corrected chi connectivity index (χ3v) is 6.50. The number of nitrogens with one attached hydrogen (secondary N) is 2. The van der Waals surface area contributed by atoms with Crippen LogP contribution in [0.5, 0.6) is 5.75 Å². The fraction of sp³-hybridized carbons (Fsp3) is 0.333. The van der Waals surface area contributed by atoms with Crippen molar-refractivity contribution in [2.24, 2.45) is 0 Å². The number of hydrogen-bond donors (Lipinski definition) is 2. The van der Waals surface area contributed by atoms with Crippen LogP contribution in [-0.2, 0) is 4.79 Å². The lowest BCUT2D eigenvalue weighted by molar-refractivity contribution is -0.124. The lowest BCUT2D eigenvalue weighted by atomic mass is 10.0. The first-order valence-corrected chi connectivity index (χ1v) is 12.2. The molecule has 37 heavy (non-hydrogen) atoms. The molecule has 2 N–H and O–H groups in total. The number of carbonyl (C=O) groups excluding carboxylic acids is 2. The van der Waals surface area contributed by atoms with Crippen molar-refractivity contribution in [1.82, 2.24) is 20.8 Å². The molecule has 196 valence electrons. The Balaban J connectivity index is 1.50. The van der Waals surface area contributed by atoms with E-state index in [0.29, 0.717) is 35.4 Å². The summed E-state index contributed by atoms with van der Waals surface area (Å²) in [6.45, 7) is 2.49. The molecule has 2 amide bonds. The second kappa shape index (κ2) is 10.8. The zero-order valence-corrected chi connectivity index (χ0v) is 21.8. The molecule has 4 rings (SSSR count). The first-order valence-electron chi connectivity index (χ1n) is 11.1. The van der Waals surface area contributed by atoms with Gasteiger partial charge in [-0.3, -0.25) is 14.6 Å². The Morgan fingerprint density at radius 2 is 1.89 bits per heavy atom. The monoisotopic (exact) mass is 572 g/mol. The number of aryl methyl sites for hydroxylation is 1. The highest BCUT2D eigenvalue weighted by molar-refractivity contribution is 6.36. The van der Waals surface area contributed by atoms with Gasteiger partial charge in [-0.05, 0) is 44.9 Å². The van der Waals surface area contributed by atoms with Crippen LogP contribution in [0.15, 0.2) is 35.0 Å². The van der Waals surface area contributed by atoms with Crippen LogP contribution in [0, 0.1) is 6.92 Å². The molecule has 1 fully saturated rings. The van der Waals surface area contributed by atoms with Crippen molar-refractivity contribution < 1.29 is 27.6 Å². The first kappa shape index (κ1) is 27.1. The smallest absolute Gasteiger partial charge is 0.274 e. The third kappa shape index (κ3) is 6.14. The van der Waals surface area contributed by atoms with Gasteiger partial charge < -0.3 is 19.9 Å². The molecule has 0 unspecified atom stereocenters. The fourth-order valence-electron chi connectivity index (χ4n) is 3.67. The van der Waals surface area contributed by atoms with Crippen molar-refractivity contribution >= 4 is 46.6 Å². The zero-order valence-electron chi connectivity index (χ0n) is 19.6. The number of carbonyl (C=O) groups is 2. The summed E-state index contributed by atoms with van der Waals surface area (Å²) in [6.07, 6.45) is -0.327. The molecular formula is C24H21Cl3F2N4O4. The van der Waals surface area contributed by atoms with Gasteiger partial charge in [0.2, 0.25) is 5.91 Å². The minimum Gasteiger partial charge on any atom is -0.485 e. The Morgan fingerprint density at radius 3 is 2.49 bits per heavy atom. The number of benzene rings is 1. The third-order valence-electron chi connectivity index (χ3n) is 5.70. The van der Waals surface area contributed by atoms with Crippen molar-refractivity contribution in [1.29, 1.82) is 0 Å². The Kier molecular flexibility index (Phi) is 7.91. The van der Waals surface area contributed by atoms with E-state index in [4.69, 9.17) is 44.1 Å². The Morgan fingerprint density at radius 1 is 1.16 bits per heavy atom. The summed E-state index contributed by atoms with van der Waals surface area (Å²) >= 11 is 18.8. The summed E-state index contributed by atoms with van der Waals surface area (Å²) in [6, 6.07) is 5.29.